The number of halogens is 1. The van der Waals surface area contributed by atoms with E-state index < -0.39 is 5.82 Å². The average Bonchev–Trinajstić information content (AvgIpc) is 2.53. The molecule has 1 heterocycles. The van der Waals surface area contributed by atoms with Crippen LogP contribution in [0.25, 0.3) is 0 Å². The van der Waals surface area contributed by atoms with E-state index in [0.717, 1.165) is 17.7 Å². The van der Waals surface area contributed by atoms with Gasteiger partial charge in [-0.3, -0.25) is 4.79 Å². The summed E-state index contributed by atoms with van der Waals surface area (Å²) in [6.07, 6.45) is 0.813. The number of fused-ring (bicyclic) bond motifs is 1. The Morgan fingerprint density at radius 1 is 1.19 bits per heavy atom. The zero-order chi connectivity index (χ0) is 14.8. The summed E-state index contributed by atoms with van der Waals surface area (Å²) in [5, 5.41) is 3.26. The molecule has 3 rings (SSSR count). The number of carbonyl (C=O) groups excluding carboxylic acids is 1. The summed E-state index contributed by atoms with van der Waals surface area (Å²) in [4.78, 5) is 14.3. The van der Waals surface area contributed by atoms with Crippen LogP contribution in [0, 0.1) is 5.82 Å². The van der Waals surface area contributed by atoms with Gasteiger partial charge in [0.25, 0.3) is 5.91 Å². The molecule has 0 aromatic heterocycles. The molecular formula is C17H17FN2O. The van der Waals surface area contributed by atoms with E-state index in [4.69, 9.17) is 0 Å². The van der Waals surface area contributed by atoms with Crippen LogP contribution in [0.3, 0.4) is 0 Å². The normalized spacial score (nSPS) is 17.4. The van der Waals surface area contributed by atoms with Crippen LogP contribution in [0.1, 0.15) is 28.4 Å². The smallest absolute Gasteiger partial charge is 0.261 e. The van der Waals surface area contributed by atoms with Crippen LogP contribution in [0.4, 0.5) is 10.1 Å². The lowest BCUT2D eigenvalue weighted by atomic mass is 9.96. The topological polar surface area (TPSA) is 32.3 Å². The molecule has 0 spiro atoms. The first-order valence-corrected chi connectivity index (χ1v) is 7.05. The molecule has 1 amide bonds. The molecule has 4 heteroatoms. The number of nitrogens with zero attached hydrogens (tertiary/aromatic N) is 1. The molecule has 1 N–H and O–H groups in total. The Kier molecular flexibility index (Phi) is 3.71. The number of para-hydroxylation sites is 1. The van der Waals surface area contributed by atoms with Crippen molar-refractivity contribution in [2.24, 2.45) is 0 Å². The molecule has 0 aliphatic carbocycles. The summed E-state index contributed by atoms with van der Waals surface area (Å²) >= 11 is 0. The minimum Gasteiger partial charge on any atom is -0.313 e. The fourth-order valence-electron chi connectivity index (χ4n) is 2.85. The van der Waals surface area contributed by atoms with Crippen LogP contribution in [0.5, 0.6) is 0 Å². The molecule has 2 aromatic carbocycles. The zero-order valence-corrected chi connectivity index (χ0v) is 11.8. The Labute approximate surface area is 123 Å². The van der Waals surface area contributed by atoms with Gasteiger partial charge in [0.1, 0.15) is 5.82 Å². The number of nitrogens with one attached hydrogen (secondary N) is 1. The zero-order valence-electron chi connectivity index (χ0n) is 11.8. The summed E-state index contributed by atoms with van der Waals surface area (Å²) in [5.74, 6) is -0.758. The Morgan fingerprint density at radius 2 is 1.90 bits per heavy atom. The van der Waals surface area contributed by atoms with Crippen LogP contribution in [-0.2, 0) is 0 Å². The highest BCUT2D eigenvalue weighted by atomic mass is 19.1. The molecule has 1 atom stereocenters. The molecule has 0 radical (unpaired) electrons. The Bertz CT molecular complexity index is 671. The van der Waals surface area contributed by atoms with Crippen molar-refractivity contribution in [3.05, 3.63) is 65.5 Å². The fraction of sp³-hybridized carbons (Fsp3) is 0.235. The van der Waals surface area contributed by atoms with Gasteiger partial charge in [-0.25, -0.2) is 4.39 Å². The second kappa shape index (κ2) is 5.66. The molecule has 1 aliphatic rings. The Balaban J connectivity index is 2.01. The molecule has 2 aromatic rings. The van der Waals surface area contributed by atoms with Crippen molar-refractivity contribution in [2.75, 3.05) is 18.5 Å². The van der Waals surface area contributed by atoms with Crippen molar-refractivity contribution in [1.29, 1.82) is 0 Å². The van der Waals surface area contributed by atoms with Gasteiger partial charge in [0, 0.05) is 18.3 Å². The van der Waals surface area contributed by atoms with Gasteiger partial charge in [-0.2, -0.15) is 0 Å². The first kappa shape index (κ1) is 13.8. The summed E-state index contributed by atoms with van der Waals surface area (Å²) in [5.41, 5.74) is 2.06. The number of anilines is 1. The Hall–Kier alpha value is -2.20. The molecule has 108 valence electrons. The first-order chi connectivity index (χ1) is 10.2. The molecule has 0 fully saturated rings. The number of hydrogen-bond acceptors (Lipinski definition) is 2. The highest BCUT2D eigenvalue weighted by Crippen LogP contribution is 2.34. The van der Waals surface area contributed by atoms with E-state index in [-0.39, 0.29) is 17.5 Å². The van der Waals surface area contributed by atoms with E-state index in [2.05, 4.69) is 5.32 Å². The van der Waals surface area contributed by atoms with Gasteiger partial charge in [-0.05, 0) is 37.2 Å². The second-order valence-electron chi connectivity index (χ2n) is 5.13. The minimum atomic E-state index is -0.476. The summed E-state index contributed by atoms with van der Waals surface area (Å²) in [6, 6.07) is 14.1. The maximum atomic E-state index is 13.9. The van der Waals surface area contributed by atoms with E-state index >= 15 is 0 Å². The predicted molar refractivity (Wildman–Crippen MR) is 80.9 cm³/mol. The molecular weight excluding hydrogens is 267 g/mol. The third kappa shape index (κ3) is 2.43. The highest BCUT2D eigenvalue weighted by Gasteiger charge is 2.29. The lowest BCUT2D eigenvalue weighted by Crippen LogP contribution is -2.39. The third-order valence-electron chi connectivity index (χ3n) is 3.94. The van der Waals surface area contributed by atoms with E-state index in [0.29, 0.717) is 6.54 Å². The molecule has 3 nitrogen and oxygen atoms in total. The van der Waals surface area contributed by atoms with Crippen molar-refractivity contribution in [2.45, 2.75) is 12.5 Å². The maximum Gasteiger partial charge on any atom is 0.261 e. The van der Waals surface area contributed by atoms with Crippen LogP contribution in [0.2, 0.25) is 0 Å². The standard InChI is InChI=1S/C17H17FN2O/c1-19-15-10-11-20(16-9-5-3-7-13(15)16)17(21)12-6-2-4-8-14(12)18/h2-9,15,19H,10-11H2,1H3. The van der Waals surface area contributed by atoms with Crippen LogP contribution in [-0.4, -0.2) is 19.5 Å². The number of carbonyl (C=O) groups is 1. The lowest BCUT2D eigenvalue weighted by Gasteiger charge is -2.34. The maximum absolute atomic E-state index is 13.9. The highest BCUT2D eigenvalue weighted by molar-refractivity contribution is 6.07. The van der Waals surface area contributed by atoms with Gasteiger partial charge in [0.05, 0.1) is 5.56 Å². The fourth-order valence-corrected chi connectivity index (χ4v) is 2.85. The number of amides is 1. The predicted octanol–water partition coefficient (Wildman–Crippen LogP) is 3.14. The summed E-state index contributed by atoms with van der Waals surface area (Å²) < 4.78 is 13.9. The molecule has 1 aliphatic heterocycles. The van der Waals surface area contributed by atoms with E-state index in [1.54, 1.807) is 17.0 Å². The molecule has 0 bridgehead atoms. The first-order valence-electron chi connectivity index (χ1n) is 7.05. The number of benzene rings is 2. The quantitative estimate of drug-likeness (QED) is 0.919. The number of rotatable bonds is 2. The van der Waals surface area contributed by atoms with E-state index in [1.165, 1.54) is 12.1 Å². The van der Waals surface area contributed by atoms with Gasteiger partial charge >= 0.3 is 0 Å². The monoisotopic (exact) mass is 284 g/mol. The van der Waals surface area contributed by atoms with Gasteiger partial charge in [-0.1, -0.05) is 30.3 Å². The Morgan fingerprint density at radius 3 is 2.67 bits per heavy atom. The molecule has 0 saturated heterocycles. The minimum absolute atomic E-state index is 0.121. The molecule has 21 heavy (non-hydrogen) atoms. The van der Waals surface area contributed by atoms with Crippen LogP contribution >= 0.6 is 0 Å². The van der Waals surface area contributed by atoms with Crippen molar-refractivity contribution >= 4 is 11.6 Å². The van der Waals surface area contributed by atoms with Crippen molar-refractivity contribution < 1.29 is 9.18 Å². The lowest BCUT2D eigenvalue weighted by molar-refractivity contribution is 0.0980. The SMILES string of the molecule is CNC1CCN(C(=O)c2ccccc2F)c2ccccc21. The van der Waals surface area contributed by atoms with Gasteiger partial charge in [0.2, 0.25) is 0 Å². The summed E-state index contributed by atoms with van der Waals surface area (Å²) in [6.45, 7) is 0.579. The average molecular weight is 284 g/mol. The van der Waals surface area contributed by atoms with Crippen molar-refractivity contribution in [1.82, 2.24) is 5.32 Å². The van der Waals surface area contributed by atoms with E-state index in [1.807, 2.05) is 31.3 Å². The van der Waals surface area contributed by atoms with Gasteiger partial charge in [0.15, 0.2) is 0 Å². The number of hydrogen-bond donors (Lipinski definition) is 1. The van der Waals surface area contributed by atoms with Gasteiger partial charge in [-0.15, -0.1) is 0 Å². The van der Waals surface area contributed by atoms with Crippen LogP contribution < -0.4 is 10.2 Å². The van der Waals surface area contributed by atoms with Crippen LogP contribution in [0.15, 0.2) is 48.5 Å². The van der Waals surface area contributed by atoms with E-state index in [9.17, 15) is 9.18 Å². The molecule has 1 unspecified atom stereocenters. The molecule has 0 saturated carbocycles. The largest absolute Gasteiger partial charge is 0.313 e. The second-order valence-corrected chi connectivity index (χ2v) is 5.13. The van der Waals surface area contributed by atoms with Gasteiger partial charge < -0.3 is 10.2 Å². The van der Waals surface area contributed by atoms with Crippen molar-refractivity contribution in [3.63, 3.8) is 0 Å². The third-order valence-corrected chi connectivity index (χ3v) is 3.94. The summed E-state index contributed by atoms with van der Waals surface area (Å²) in [7, 11) is 1.91. The van der Waals surface area contributed by atoms with Crippen molar-refractivity contribution in [3.8, 4) is 0 Å².